The van der Waals surface area contributed by atoms with Crippen LogP contribution in [0.5, 0.6) is 0 Å². The van der Waals surface area contributed by atoms with Crippen molar-refractivity contribution in [2.45, 2.75) is 9.79 Å². The van der Waals surface area contributed by atoms with Gasteiger partial charge in [-0.05, 0) is 35.4 Å². The highest BCUT2D eigenvalue weighted by Gasteiger charge is 2.30. The Morgan fingerprint density at radius 1 is 0.645 bits per heavy atom. The molecule has 0 amide bonds. The second-order valence-electron chi connectivity index (χ2n) is 7.69. The van der Waals surface area contributed by atoms with Crippen LogP contribution in [0.25, 0.3) is 11.1 Å². The highest BCUT2D eigenvalue weighted by atomic mass is 32.2. The minimum atomic E-state index is -3.77. The van der Waals surface area contributed by atoms with Crippen LogP contribution in [0, 0.1) is 0 Å². The van der Waals surface area contributed by atoms with Gasteiger partial charge in [0.2, 0.25) is 0 Å². The Kier molecular flexibility index (Phi) is 6.24. The smallest absolute Gasteiger partial charge is 0.253 e. The lowest BCUT2D eigenvalue weighted by Crippen LogP contribution is -2.36. The predicted molar refractivity (Wildman–Crippen MR) is 119 cm³/mol. The summed E-state index contributed by atoms with van der Waals surface area (Å²) < 4.78 is 50.5. The van der Waals surface area contributed by atoms with E-state index in [-0.39, 0.29) is 9.79 Å². The van der Waals surface area contributed by atoms with Crippen LogP contribution in [0.4, 0.5) is 0 Å². The van der Waals surface area contributed by atoms with Crippen LogP contribution in [-0.2, 0) is 20.0 Å². The summed E-state index contributed by atoms with van der Waals surface area (Å²) >= 11 is 0. The molecule has 0 bridgehead atoms. The van der Waals surface area contributed by atoms with Gasteiger partial charge in [-0.25, -0.2) is 26.9 Å². The molecule has 2 aromatic rings. The molecule has 2 aromatic carbocycles. The molecule has 0 heterocycles. The van der Waals surface area contributed by atoms with Crippen molar-refractivity contribution in [1.82, 2.24) is 24.7 Å². The molecule has 2 N–H and O–H groups in total. The van der Waals surface area contributed by atoms with E-state index in [4.69, 9.17) is 0 Å². The molecular formula is C19H26N6O4S2. The molecule has 1 aliphatic rings. The Balaban J connectivity index is 2.18. The molecule has 10 nitrogen and oxygen atoms in total. The Morgan fingerprint density at radius 3 is 1.35 bits per heavy atom. The van der Waals surface area contributed by atoms with E-state index in [2.05, 4.69) is 14.8 Å². The molecule has 168 valence electrons. The van der Waals surface area contributed by atoms with Crippen LogP contribution >= 0.6 is 0 Å². The van der Waals surface area contributed by atoms with Crippen molar-refractivity contribution in [3.05, 3.63) is 47.5 Å². The van der Waals surface area contributed by atoms with Gasteiger partial charge in [-0.1, -0.05) is 12.1 Å². The number of benzene rings is 2. The average molecular weight is 467 g/mol. The highest BCUT2D eigenvalue weighted by molar-refractivity contribution is 7.89. The summed E-state index contributed by atoms with van der Waals surface area (Å²) in [7, 11) is 2.29. The fourth-order valence-electron chi connectivity index (χ4n) is 3.28. The van der Waals surface area contributed by atoms with Gasteiger partial charge in [0.1, 0.15) is 0 Å². The number of fused-ring (bicyclic) bond motifs is 3. The quantitative estimate of drug-likeness (QED) is 0.487. The standard InChI is InChI=1S/C19H26N6O4S2/c1-23(2)20-19-17-11-13(30(26,27)21-24(3)4)7-9-15(17)16-10-8-14(12-18(16)19)31(28,29)22-25(5)6/h7-12,21-22H,1-6H3. The van der Waals surface area contributed by atoms with Gasteiger partial charge < -0.3 is 5.01 Å². The number of hydrogen-bond acceptors (Lipinski definition) is 8. The molecule has 31 heavy (non-hydrogen) atoms. The maximum atomic E-state index is 12.6. The van der Waals surface area contributed by atoms with Crippen molar-refractivity contribution >= 4 is 25.8 Å². The zero-order valence-electron chi connectivity index (χ0n) is 18.2. The molecule has 0 fully saturated rings. The summed E-state index contributed by atoms with van der Waals surface area (Å²) in [5, 5.41) is 8.81. The van der Waals surface area contributed by atoms with Gasteiger partial charge in [-0.15, -0.1) is 9.66 Å². The zero-order valence-corrected chi connectivity index (χ0v) is 19.8. The molecule has 0 radical (unpaired) electrons. The molecule has 0 saturated heterocycles. The second kappa shape index (κ2) is 8.30. The van der Waals surface area contributed by atoms with Crippen LogP contribution in [-0.4, -0.2) is 79.9 Å². The van der Waals surface area contributed by atoms with Gasteiger partial charge in [0, 0.05) is 53.4 Å². The predicted octanol–water partition coefficient (Wildman–Crippen LogP) is 0.491. The Hall–Kier alpha value is -2.35. The highest BCUT2D eigenvalue weighted by Crippen LogP contribution is 2.39. The summed E-state index contributed by atoms with van der Waals surface area (Å²) in [6.07, 6.45) is 0. The Bertz CT molecular complexity index is 1160. The van der Waals surface area contributed by atoms with Crippen LogP contribution in [0.2, 0.25) is 0 Å². The van der Waals surface area contributed by atoms with Gasteiger partial charge in [0.25, 0.3) is 20.0 Å². The Morgan fingerprint density at radius 2 is 1.03 bits per heavy atom. The first kappa shape index (κ1) is 23.3. The van der Waals surface area contributed by atoms with Gasteiger partial charge in [-0.2, -0.15) is 5.10 Å². The van der Waals surface area contributed by atoms with Gasteiger partial charge >= 0.3 is 0 Å². The van der Waals surface area contributed by atoms with Crippen LogP contribution in [0.15, 0.2) is 51.3 Å². The first-order valence-corrected chi connectivity index (χ1v) is 12.2. The van der Waals surface area contributed by atoms with Crippen molar-refractivity contribution in [2.24, 2.45) is 5.10 Å². The van der Waals surface area contributed by atoms with E-state index < -0.39 is 20.0 Å². The minimum absolute atomic E-state index is 0.0846. The van der Waals surface area contributed by atoms with Crippen LogP contribution in [0.3, 0.4) is 0 Å². The molecule has 0 aliphatic heterocycles. The Labute approximate surface area is 183 Å². The van der Waals surface area contributed by atoms with E-state index in [0.717, 1.165) is 11.1 Å². The number of nitrogens with one attached hydrogen (secondary N) is 2. The third kappa shape index (κ3) is 4.79. The van der Waals surface area contributed by atoms with Crippen molar-refractivity contribution in [1.29, 1.82) is 0 Å². The van der Waals surface area contributed by atoms with Crippen LogP contribution in [0.1, 0.15) is 11.1 Å². The summed E-state index contributed by atoms with van der Waals surface area (Å²) in [6, 6.07) is 9.56. The summed E-state index contributed by atoms with van der Waals surface area (Å²) in [5.74, 6) is 0. The zero-order chi connectivity index (χ0) is 23.1. The van der Waals surface area contributed by atoms with Gasteiger partial charge in [0.15, 0.2) is 0 Å². The molecule has 0 unspecified atom stereocenters. The van der Waals surface area contributed by atoms with Crippen LogP contribution < -0.4 is 9.66 Å². The van der Waals surface area contributed by atoms with Gasteiger partial charge in [0.05, 0.1) is 15.5 Å². The number of rotatable bonds is 7. The molecule has 0 aromatic heterocycles. The normalized spacial score (nSPS) is 13.5. The number of sulfonamides is 2. The van der Waals surface area contributed by atoms with E-state index in [1.165, 1.54) is 22.2 Å². The lowest BCUT2D eigenvalue weighted by molar-refractivity contribution is 0.363. The molecule has 0 spiro atoms. The first-order valence-electron chi connectivity index (χ1n) is 9.26. The fourth-order valence-corrected chi connectivity index (χ4v) is 5.49. The molecule has 12 heteroatoms. The van der Waals surface area contributed by atoms with E-state index in [0.29, 0.717) is 16.8 Å². The number of hydrazone groups is 1. The molecule has 1 aliphatic carbocycles. The van der Waals surface area contributed by atoms with E-state index in [9.17, 15) is 16.8 Å². The number of hydrazine groups is 2. The van der Waals surface area contributed by atoms with E-state index in [1.807, 2.05) is 0 Å². The summed E-state index contributed by atoms with van der Waals surface area (Å²) in [5.41, 5.74) is 3.28. The van der Waals surface area contributed by atoms with Gasteiger partial charge in [-0.3, -0.25) is 0 Å². The van der Waals surface area contributed by atoms with Crippen molar-refractivity contribution in [2.75, 3.05) is 42.3 Å². The summed E-state index contributed by atoms with van der Waals surface area (Å²) in [4.78, 5) is 5.00. The third-order valence-corrected chi connectivity index (χ3v) is 7.27. The SMILES string of the molecule is CN(C)N=C1c2cc(S(=O)(=O)NN(C)C)ccc2-c2ccc(S(=O)(=O)NN(C)C)cc21. The van der Waals surface area contributed by atoms with E-state index in [1.54, 1.807) is 71.6 Å². The first-order chi connectivity index (χ1) is 14.3. The maximum Gasteiger partial charge on any atom is 0.253 e. The number of hydrogen-bond donors (Lipinski definition) is 2. The third-order valence-electron chi connectivity index (χ3n) is 4.31. The van der Waals surface area contributed by atoms with Crippen molar-refractivity contribution < 1.29 is 16.8 Å². The molecule has 0 atom stereocenters. The lowest BCUT2D eigenvalue weighted by atomic mass is 10.1. The van der Waals surface area contributed by atoms with E-state index >= 15 is 0 Å². The second-order valence-corrected chi connectivity index (χ2v) is 11.0. The fraction of sp³-hybridized carbons (Fsp3) is 0.316. The largest absolute Gasteiger partial charge is 0.303 e. The minimum Gasteiger partial charge on any atom is -0.303 e. The molecular weight excluding hydrogens is 440 g/mol. The lowest BCUT2D eigenvalue weighted by Gasteiger charge is -2.14. The monoisotopic (exact) mass is 466 g/mol. The molecule has 0 saturated carbocycles. The molecule has 3 rings (SSSR count). The number of nitrogens with zero attached hydrogens (tertiary/aromatic N) is 4. The maximum absolute atomic E-state index is 12.6. The average Bonchev–Trinajstić information content (AvgIpc) is 2.92. The van der Waals surface area contributed by atoms with Crippen molar-refractivity contribution in [3.63, 3.8) is 0 Å². The van der Waals surface area contributed by atoms with Crippen molar-refractivity contribution in [3.8, 4) is 11.1 Å². The topological polar surface area (TPSA) is 114 Å². The summed E-state index contributed by atoms with van der Waals surface area (Å²) in [6.45, 7) is 0.